The number of nitrogens with zero attached hydrogens (tertiary/aromatic N) is 4. The van der Waals surface area contributed by atoms with Gasteiger partial charge in [-0.25, -0.2) is 0 Å². The second kappa shape index (κ2) is 21.3. The highest BCUT2D eigenvalue weighted by atomic mass is 32.1. The highest BCUT2D eigenvalue weighted by molar-refractivity contribution is 7.26. The Balaban J connectivity index is 1.18. The molecule has 0 amide bonds. The van der Waals surface area contributed by atoms with Crippen LogP contribution in [-0.2, 0) is 27.1 Å². The van der Waals surface area contributed by atoms with Crippen molar-refractivity contribution in [2.24, 2.45) is 0 Å². The summed E-state index contributed by atoms with van der Waals surface area (Å²) in [5, 5.41) is 3.82. The third-order valence-corrected chi connectivity index (χ3v) is 18.5. The van der Waals surface area contributed by atoms with Crippen molar-refractivity contribution in [1.29, 1.82) is 0 Å². The maximum Gasteiger partial charge on any atom is 0.0765 e. The zero-order valence-corrected chi connectivity index (χ0v) is 54.0. The van der Waals surface area contributed by atoms with Crippen molar-refractivity contribution in [3.8, 4) is 5.69 Å². The molecule has 0 N–H and O–H groups in total. The molecular formula is C79H86N4S. The predicted molar refractivity (Wildman–Crippen MR) is 368 cm³/mol. The lowest BCUT2D eigenvalue weighted by molar-refractivity contribution is 0.590. The summed E-state index contributed by atoms with van der Waals surface area (Å²) in [6.07, 6.45) is 0. The SMILES string of the molecule is Cc1ccc(N(c2ccc(C(C)(C)C)cc2)c2ccc(C(C)(C)C)cc2)cc1N(c1ccc(C(C)(C)C)cc1)c1cccc(N(c2ccc(C(C)(C)C)cc2)c2c(C)n(-c3ccc(C(C)(C)C)cc3)c3ccc4c5ccccc5sc4c23)c1C. The van der Waals surface area contributed by atoms with Gasteiger partial charge in [0.2, 0.25) is 0 Å². The minimum Gasteiger partial charge on any atom is -0.312 e. The van der Waals surface area contributed by atoms with Crippen molar-refractivity contribution in [2.75, 3.05) is 14.7 Å². The van der Waals surface area contributed by atoms with Crippen LogP contribution in [0.2, 0.25) is 0 Å². The smallest absolute Gasteiger partial charge is 0.0765 e. The van der Waals surface area contributed by atoms with Crippen molar-refractivity contribution in [3.63, 3.8) is 0 Å². The first-order valence-corrected chi connectivity index (χ1v) is 31.0. The summed E-state index contributed by atoms with van der Waals surface area (Å²) in [6, 6.07) is 74.0. The lowest BCUT2D eigenvalue weighted by atomic mass is 9.86. The van der Waals surface area contributed by atoms with E-state index < -0.39 is 0 Å². The molecule has 0 unspecified atom stereocenters. The van der Waals surface area contributed by atoms with Crippen LogP contribution in [0.3, 0.4) is 0 Å². The van der Waals surface area contributed by atoms with Gasteiger partial charge in [-0.3, -0.25) is 0 Å². The standard InChI is InChI=1S/C79H86N4S/c1-51-26-37-64(81(60-40-29-55(30-41-60)76(7,8)9)61-42-31-56(32-43-61)77(10,11)12)50-70(51)82(62-44-33-57(34-45-62)78(13,14)15)67-23-21-24-68(52(67)2)83(63-46-35-58(36-47-63)79(16,17)18)73-53(3)80(59-38-27-54(28-39-59)75(4,5)6)69-49-48-66-65-22-19-20-25-71(65)84-74(66)72(69)73/h19-50H,1-18H3. The van der Waals surface area contributed by atoms with Gasteiger partial charge in [0.05, 0.1) is 28.3 Å². The highest BCUT2D eigenvalue weighted by Crippen LogP contribution is 2.53. The van der Waals surface area contributed by atoms with Crippen LogP contribution in [0, 0.1) is 20.8 Å². The summed E-state index contributed by atoms with van der Waals surface area (Å²) in [7, 11) is 0. The molecule has 9 aromatic carbocycles. The molecular weight excluding hydrogens is 1040 g/mol. The van der Waals surface area contributed by atoms with E-state index in [1.165, 1.54) is 75.8 Å². The van der Waals surface area contributed by atoms with Gasteiger partial charge in [0.1, 0.15) is 0 Å². The first-order valence-electron chi connectivity index (χ1n) is 30.2. The van der Waals surface area contributed by atoms with E-state index in [0.717, 1.165) is 56.7 Å². The Hall–Kier alpha value is -7.86. The van der Waals surface area contributed by atoms with Gasteiger partial charge in [-0.15, -0.1) is 11.3 Å². The molecule has 0 spiro atoms. The summed E-state index contributed by atoms with van der Waals surface area (Å²) >= 11 is 1.90. The number of hydrogen-bond donors (Lipinski definition) is 0. The lowest BCUT2D eigenvalue weighted by Gasteiger charge is -2.34. The van der Waals surface area contributed by atoms with Gasteiger partial charge >= 0.3 is 0 Å². The molecule has 0 fully saturated rings. The maximum atomic E-state index is 2.58. The van der Waals surface area contributed by atoms with E-state index in [4.69, 9.17) is 0 Å². The summed E-state index contributed by atoms with van der Waals surface area (Å²) in [5.74, 6) is 0. The van der Waals surface area contributed by atoms with Gasteiger partial charge in [0, 0.05) is 65.4 Å². The Labute approximate surface area is 506 Å². The van der Waals surface area contributed by atoms with E-state index in [1.54, 1.807) is 0 Å². The van der Waals surface area contributed by atoms with Gasteiger partial charge in [0.25, 0.3) is 0 Å². The molecule has 4 nitrogen and oxygen atoms in total. The predicted octanol–water partition coefficient (Wildman–Crippen LogP) is 23.8. The first-order chi connectivity index (χ1) is 39.6. The number of benzene rings is 9. The van der Waals surface area contributed by atoms with Crippen LogP contribution in [-0.4, -0.2) is 4.57 Å². The fourth-order valence-corrected chi connectivity index (χ4v) is 13.4. The third kappa shape index (κ3) is 10.9. The van der Waals surface area contributed by atoms with E-state index in [-0.39, 0.29) is 27.1 Å². The van der Waals surface area contributed by atoms with Crippen LogP contribution >= 0.6 is 11.3 Å². The number of fused-ring (bicyclic) bond motifs is 5. The number of anilines is 9. The number of aryl methyl sites for hydroxylation is 1. The molecule has 2 aromatic heterocycles. The van der Waals surface area contributed by atoms with Crippen molar-refractivity contribution in [2.45, 2.75) is 152 Å². The minimum absolute atomic E-state index is 0.0187. The fourth-order valence-electron chi connectivity index (χ4n) is 12.1. The Morgan fingerprint density at radius 1 is 0.345 bits per heavy atom. The average molecular weight is 1120 g/mol. The number of thiophene rings is 1. The second-order valence-electron chi connectivity index (χ2n) is 28.6. The molecule has 0 aliphatic carbocycles. The van der Waals surface area contributed by atoms with Gasteiger partial charge in [-0.1, -0.05) is 201 Å². The molecule has 0 aliphatic heterocycles. The number of hydrogen-bond acceptors (Lipinski definition) is 4. The largest absolute Gasteiger partial charge is 0.312 e. The topological polar surface area (TPSA) is 14.7 Å². The molecule has 11 rings (SSSR count). The zero-order valence-electron chi connectivity index (χ0n) is 53.2. The molecule has 0 bridgehead atoms. The van der Waals surface area contributed by atoms with Crippen molar-refractivity contribution in [3.05, 3.63) is 239 Å². The van der Waals surface area contributed by atoms with E-state index in [2.05, 4.69) is 338 Å². The molecule has 0 atom stereocenters. The van der Waals surface area contributed by atoms with Crippen LogP contribution in [0.1, 0.15) is 148 Å². The first kappa shape index (κ1) is 57.9. The van der Waals surface area contributed by atoms with Crippen molar-refractivity contribution in [1.82, 2.24) is 4.57 Å². The molecule has 11 aromatic rings. The molecule has 5 heteroatoms. The van der Waals surface area contributed by atoms with Crippen LogP contribution in [0.25, 0.3) is 36.8 Å². The monoisotopic (exact) mass is 1120 g/mol. The van der Waals surface area contributed by atoms with Crippen LogP contribution in [0.15, 0.2) is 194 Å². The molecule has 2 heterocycles. The molecule has 0 radical (unpaired) electrons. The number of rotatable bonds is 10. The average Bonchev–Trinajstić information content (AvgIpc) is 1.74. The highest BCUT2D eigenvalue weighted by Gasteiger charge is 2.31. The zero-order chi connectivity index (χ0) is 60.0. The molecule has 428 valence electrons. The van der Waals surface area contributed by atoms with Gasteiger partial charge in [-0.2, -0.15) is 0 Å². The Kier molecular flexibility index (Phi) is 14.7. The summed E-state index contributed by atoms with van der Waals surface area (Å²) < 4.78 is 5.09. The van der Waals surface area contributed by atoms with Gasteiger partial charge in [0.15, 0.2) is 0 Å². The molecule has 0 aliphatic rings. The molecule has 0 saturated heterocycles. The van der Waals surface area contributed by atoms with Gasteiger partial charge < -0.3 is 19.3 Å². The molecule has 84 heavy (non-hydrogen) atoms. The summed E-state index contributed by atoms with van der Waals surface area (Å²) in [4.78, 5) is 7.53. The Morgan fingerprint density at radius 2 is 0.750 bits per heavy atom. The minimum atomic E-state index is -0.0234. The summed E-state index contributed by atoms with van der Waals surface area (Å²) in [5.41, 5.74) is 22.4. The van der Waals surface area contributed by atoms with E-state index in [9.17, 15) is 0 Å². The normalized spacial score (nSPS) is 12.6. The second-order valence-corrected chi connectivity index (χ2v) is 29.6. The maximum absolute atomic E-state index is 2.58. The van der Waals surface area contributed by atoms with E-state index in [0.29, 0.717) is 0 Å². The lowest BCUT2D eigenvalue weighted by Crippen LogP contribution is -2.18. The van der Waals surface area contributed by atoms with Crippen molar-refractivity contribution >= 4 is 93.6 Å². The quantitative estimate of drug-likeness (QED) is 0.136. The van der Waals surface area contributed by atoms with E-state index >= 15 is 0 Å². The van der Waals surface area contributed by atoms with Gasteiger partial charge in [-0.05, 0) is 184 Å². The summed E-state index contributed by atoms with van der Waals surface area (Å²) in [6.45, 7) is 41.3. The third-order valence-electron chi connectivity index (χ3n) is 17.3. The fraction of sp³-hybridized carbons (Fsp3) is 0.291. The van der Waals surface area contributed by atoms with Crippen LogP contribution in [0.4, 0.5) is 51.2 Å². The number of aromatic nitrogens is 1. The van der Waals surface area contributed by atoms with Crippen LogP contribution in [0.5, 0.6) is 0 Å². The molecule has 0 saturated carbocycles. The van der Waals surface area contributed by atoms with Crippen molar-refractivity contribution < 1.29 is 0 Å². The van der Waals surface area contributed by atoms with E-state index in [1.807, 2.05) is 11.3 Å². The Morgan fingerprint density at radius 3 is 1.21 bits per heavy atom. The Bertz CT molecular complexity index is 4140. The van der Waals surface area contributed by atoms with Crippen LogP contribution < -0.4 is 14.7 Å².